The summed E-state index contributed by atoms with van der Waals surface area (Å²) >= 11 is 1.45. The molecule has 0 aliphatic rings. The fraction of sp³-hybridized carbons (Fsp3) is 0.200. The Hall–Kier alpha value is -2.14. The number of carbonyl (C=O) groups excluding carboxylic acids is 1. The van der Waals surface area contributed by atoms with Crippen molar-refractivity contribution in [1.82, 2.24) is 5.32 Å². The van der Waals surface area contributed by atoms with Gasteiger partial charge in [0.25, 0.3) is 5.91 Å². The summed E-state index contributed by atoms with van der Waals surface area (Å²) in [7, 11) is 0. The molecular formula is C15H15NO3S. The molecule has 20 heavy (non-hydrogen) atoms. The molecule has 2 N–H and O–H groups in total. The number of carboxylic acid groups (broad SMARTS) is 1. The van der Waals surface area contributed by atoms with Gasteiger partial charge in [0.05, 0.1) is 11.5 Å². The van der Waals surface area contributed by atoms with Gasteiger partial charge in [-0.05, 0) is 23.4 Å². The number of carboxylic acids is 1. The summed E-state index contributed by atoms with van der Waals surface area (Å²) in [6, 6.07) is 8.91. The van der Waals surface area contributed by atoms with E-state index in [0.717, 1.165) is 5.56 Å². The Bertz CT molecular complexity index is 607. The van der Waals surface area contributed by atoms with Gasteiger partial charge in [-0.25, -0.2) is 0 Å². The van der Waals surface area contributed by atoms with Crippen LogP contribution in [0.15, 0.2) is 41.1 Å². The Morgan fingerprint density at radius 2 is 1.95 bits per heavy atom. The number of nitrogens with one attached hydrogen (secondary N) is 1. The molecule has 0 aliphatic carbocycles. The third-order valence-corrected chi connectivity index (χ3v) is 3.93. The summed E-state index contributed by atoms with van der Waals surface area (Å²) < 4.78 is 0. The lowest BCUT2D eigenvalue weighted by atomic mass is 9.99. The zero-order valence-electron chi connectivity index (χ0n) is 11.0. The molecule has 2 rings (SSSR count). The molecule has 5 heteroatoms. The molecule has 1 aromatic carbocycles. The van der Waals surface area contributed by atoms with Crippen LogP contribution in [0.25, 0.3) is 0 Å². The van der Waals surface area contributed by atoms with E-state index in [0.29, 0.717) is 11.1 Å². The molecule has 104 valence electrons. The highest BCUT2D eigenvalue weighted by atomic mass is 32.1. The van der Waals surface area contributed by atoms with Crippen molar-refractivity contribution in [1.29, 1.82) is 0 Å². The first-order valence-corrected chi connectivity index (χ1v) is 7.12. The quantitative estimate of drug-likeness (QED) is 0.889. The van der Waals surface area contributed by atoms with Crippen molar-refractivity contribution in [3.05, 3.63) is 57.8 Å². The van der Waals surface area contributed by atoms with Gasteiger partial charge in [-0.1, -0.05) is 30.3 Å². The maximum absolute atomic E-state index is 12.0. The summed E-state index contributed by atoms with van der Waals surface area (Å²) in [6.07, 6.45) is 0. The number of thiophene rings is 1. The maximum atomic E-state index is 12.0. The summed E-state index contributed by atoms with van der Waals surface area (Å²) in [5.41, 5.74) is 2.19. The lowest BCUT2D eigenvalue weighted by Gasteiger charge is -2.13. The van der Waals surface area contributed by atoms with Gasteiger partial charge in [0.2, 0.25) is 0 Å². The lowest BCUT2D eigenvalue weighted by Crippen LogP contribution is -2.31. The van der Waals surface area contributed by atoms with Gasteiger partial charge in [-0.2, -0.15) is 11.3 Å². The van der Waals surface area contributed by atoms with Gasteiger partial charge in [-0.15, -0.1) is 0 Å². The number of carbonyl (C=O) groups is 2. The van der Waals surface area contributed by atoms with E-state index < -0.39 is 11.9 Å². The van der Waals surface area contributed by atoms with E-state index in [1.807, 2.05) is 18.4 Å². The molecular weight excluding hydrogens is 274 g/mol. The monoisotopic (exact) mass is 289 g/mol. The van der Waals surface area contributed by atoms with Crippen LogP contribution in [0.3, 0.4) is 0 Å². The normalized spacial score (nSPS) is 11.8. The van der Waals surface area contributed by atoms with Gasteiger partial charge >= 0.3 is 5.97 Å². The Kier molecular flexibility index (Phi) is 4.53. The van der Waals surface area contributed by atoms with E-state index in [2.05, 4.69) is 5.32 Å². The van der Waals surface area contributed by atoms with E-state index in [-0.39, 0.29) is 12.5 Å². The highest BCUT2D eigenvalue weighted by Gasteiger charge is 2.21. The summed E-state index contributed by atoms with van der Waals surface area (Å²) in [6.45, 7) is 1.94. The zero-order valence-corrected chi connectivity index (χ0v) is 11.8. The molecule has 4 nitrogen and oxygen atoms in total. The molecule has 0 saturated carbocycles. The van der Waals surface area contributed by atoms with E-state index in [4.69, 9.17) is 0 Å². The summed E-state index contributed by atoms with van der Waals surface area (Å²) in [5, 5.41) is 15.6. The predicted molar refractivity (Wildman–Crippen MR) is 78.2 cm³/mol. The van der Waals surface area contributed by atoms with Crippen LogP contribution in [-0.4, -0.2) is 23.5 Å². The Balaban J connectivity index is 2.06. The summed E-state index contributed by atoms with van der Waals surface area (Å²) in [5.74, 6) is -1.91. The smallest absolute Gasteiger partial charge is 0.312 e. The van der Waals surface area contributed by atoms with Gasteiger partial charge < -0.3 is 10.4 Å². The number of hydrogen-bond acceptors (Lipinski definition) is 3. The first kappa shape index (κ1) is 14.3. The highest BCUT2D eigenvalue weighted by molar-refractivity contribution is 7.08. The second kappa shape index (κ2) is 6.34. The molecule has 1 unspecified atom stereocenters. The second-order valence-electron chi connectivity index (χ2n) is 4.48. The van der Waals surface area contributed by atoms with Crippen molar-refractivity contribution in [3.63, 3.8) is 0 Å². The van der Waals surface area contributed by atoms with E-state index in [1.54, 1.807) is 29.6 Å². The van der Waals surface area contributed by atoms with Crippen LogP contribution in [0.4, 0.5) is 0 Å². The number of rotatable bonds is 5. The van der Waals surface area contributed by atoms with Crippen LogP contribution >= 0.6 is 11.3 Å². The number of benzene rings is 1. The lowest BCUT2D eigenvalue weighted by molar-refractivity contribution is -0.138. The number of hydrogen-bond donors (Lipinski definition) is 2. The minimum Gasteiger partial charge on any atom is -0.481 e. The molecule has 0 aliphatic heterocycles. The molecule has 0 saturated heterocycles. The number of aliphatic carboxylic acids is 1. The van der Waals surface area contributed by atoms with Gasteiger partial charge in [0.15, 0.2) is 0 Å². The van der Waals surface area contributed by atoms with Crippen LogP contribution in [0.1, 0.15) is 27.4 Å². The van der Waals surface area contributed by atoms with Crippen molar-refractivity contribution in [2.75, 3.05) is 6.54 Å². The number of aryl methyl sites for hydroxylation is 1. The molecule has 1 amide bonds. The van der Waals surface area contributed by atoms with Crippen LogP contribution in [-0.2, 0) is 4.79 Å². The maximum Gasteiger partial charge on any atom is 0.312 e. The molecule has 1 aromatic heterocycles. The minimum absolute atomic E-state index is 0.0769. The molecule has 2 aromatic rings. The highest BCUT2D eigenvalue weighted by Crippen LogP contribution is 2.16. The fourth-order valence-corrected chi connectivity index (χ4v) is 2.74. The molecule has 0 fully saturated rings. The first-order chi connectivity index (χ1) is 9.59. The van der Waals surface area contributed by atoms with Crippen LogP contribution in [0.2, 0.25) is 0 Å². The Morgan fingerprint density at radius 1 is 1.25 bits per heavy atom. The molecule has 0 bridgehead atoms. The van der Waals surface area contributed by atoms with Gasteiger partial charge in [-0.3, -0.25) is 9.59 Å². The largest absolute Gasteiger partial charge is 0.481 e. The van der Waals surface area contributed by atoms with E-state index >= 15 is 0 Å². The first-order valence-electron chi connectivity index (χ1n) is 6.18. The van der Waals surface area contributed by atoms with Crippen molar-refractivity contribution in [3.8, 4) is 0 Å². The van der Waals surface area contributed by atoms with Crippen LogP contribution in [0.5, 0.6) is 0 Å². The Morgan fingerprint density at radius 3 is 2.50 bits per heavy atom. The third kappa shape index (κ3) is 3.24. The minimum atomic E-state index is -0.946. The predicted octanol–water partition coefficient (Wildman–Crippen LogP) is 2.65. The standard InChI is InChI=1S/C15H15NO3S/c1-10-8-20-9-13(10)14(17)16-7-12(15(18)19)11-5-3-2-4-6-11/h2-6,8-9,12H,7H2,1H3,(H,16,17)(H,18,19). The van der Waals surface area contributed by atoms with Gasteiger partial charge in [0, 0.05) is 11.9 Å². The molecule has 1 heterocycles. The van der Waals surface area contributed by atoms with Crippen molar-refractivity contribution < 1.29 is 14.7 Å². The van der Waals surface area contributed by atoms with E-state index in [9.17, 15) is 14.7 Å². The SMILES string of the molecule is Cc1cscc1C(=O)NCC(C(=O)O)c1ccccc1. The van der Waals surface area contributed by atoms with Crippen LogP contribution in [0, 0.1) is 6.92 Å². The van der Waals surface area contributed by atoms with Gasteiger partial charge in [0.1, 0.15) is 0 Å². The average Bonchev–Trinajstić information content (AvgIpc) is 2.86. The fourth-order valence-electron chi connectivity index (χ4n) is 1.92. The summed E-state index contributed by atoms with van der Waals surface area (Å²) in [4.78, 5) is 23.3. The zero-order chi connectivity index (χ0) is 14.5. The van der Waals surface area contributed by atoms with Crippen molar-refractivity contribution >= 4 is 23.2 Å². The topological polar surface area (TPSA) is 66.4 Å². The van der Waals surface area contributed by atoms with Crippen LogP contribution < -0.4 is 5.32 Å². The van der Waals surface area contributed by atoms with Crippen molar-refractivity contribution in [2.24, 2.45) is 0 Å². The second-order valence-corrected chi connectivity index (χ2v) is 5.22. The molecule has 0 radical (unpaired) electrons. The van der Waals surface area contributed by atoms with E-state index in [1.165, 1.54) is 11.3 Å². The molecule has 0 spiro atoms. The number of amides is 1. The van der Waals surface area contributed by atoms with Crippen molar-refractivity contribution in [2.45, 2.75) is 12.8 Å². The molecule has 1 atom stereocenters. The third-order valence-electron chi connectivity index (χ3n) is 3.07. The Labute approximate surface area is 121 Å². The average molecular weight is 289 g/mol.